The first-order valence-corrected chi connectivity index (χ1v) is 4.26. The summed E-state index contributed by atoms with van der Waals surface area (Å²) in [6, 6.07) is 0. The van der Waals surface area contributed by atoms with Gasteiger partial charge in [-0.25, -0.2) is 0 Å². The molecule has 2 rings (SSSR count). The molecule has 1 saturated carbocycles. The summed E-state index contributed by atoms with van der Waals surface area (Å²) < 4.78 is 0. The Kier molecular flexibility index (Phi) is 1.66. The highest BCUT2D eigenvalue weighted by Gasteiger charge is 2.35. The van der Waals surface area contributed by atoms with Gasteiger partial charge in [0.1, 0.15) is 0 Å². The van der Waals surface area contributed by atoms with Gasteiger partial charge in [-0.2, -0.15) is 0 Å². The van der Waals surface area contributed by atoms with Gasteiger partial charge < -0.3 is 10.4 Å². The van der Waals surface area contributed by atoms with Crippen LogP contribution in [0.3, 0.4) is 0 Å². The first-order valence-electron chi connectivity index (χ1n) is 4.26. The molecule has 0 spiro atoms. The highest BCUT2D eigenvalue weighted by Crippen LogP contribution is 2.35. The molecule has 0 aromatic carbocycles. The van der Waals surface area contributed by atoms with Crippen LogP contribution in [-0.2, 0) is 0 Å². The van der Waals surface area contributed by atoms with E-state index >= 15 is 0 Å². The summed E-state index contributed by atoms with van der Waals surface area (Å²) >= 11 is 0. The first kappa shape index (κ1) is 6.62. The van der Waals surface area contributed by atoms with Crippen LogP contribution in [0.5, 0.6) is 0 Å². The van der Waals surface area contributed by atoms with E-state index in [1.165, 1.54) is 12.8 Å². The molecule has 10 heavy (non-hydrogen) atoms. The van der Waals surface area contributed by atoms with E-state index in [2.05, 4.69) is 5.32 Å². The molecule has 1 heterocycles. The molecule has 0 unspecified atom stereocenters. The van der Waals surface area contributed by atoms with E-state index in [0.717, 1.165) is 25.4 Å². The smallest absolute Gasteiger partial charge is 0.0583 e. The van der Waals surface area contributed by atoms with Crippen molar-refractivity contribution in [1.82, 2.24) is 5.32 Å². The third-order valence-corrected chi connectivity index (χ3v) is 3.00. The van der Waals surface area contributed by atoms with Crippen molar-refractivity contribution in [2.75, 3.05) is 13.1 Å². The van der Waals surface area contributed by atoms with E-state index in [0.29, 0.717) is 5.92 Å². The summed E-state index contributed by atoms with van der Waals surface area (Å²) in [7, 11) is 0. The monoisotopic (exact) mass is 141 g/mol. The van der Waals surface area contributed by atoms with Crippen LogP contribution in [0.4, 0.5) is 0 Å². The zero-order valence-electron chi connectivity index (χ0n) is 6.21. The minimum Gasteiger partial charge on any atom is -0.393 e. The molecule has 0 bridgehead atoms. The predicted molar refractivity (Wildman–Crippen MR) is 39.7 cm³/mol. The van der Waals surface area contributed by atoms with E-state index in [-0.39, 0.29) is 6.10 Å². The van der Waals surface area contributed by atoms with Crippen molar-refractivity contribution in [3.05, 3.63) is 0 Å². The Morgan fingerprint density at radius 2 is 2.10 bits per heavy atom. The summed E-state index contributed by atoms with van der Waals surface area (Å²) in [4.78, 5) is 0. The molecule has 2 heteroatoms. The van der Waals surface area contributed by atoms with E-state index in [1.54, 1.807) is 0 Å². The summed E-state index contributed by atoms with van der Waals surface area (Å²) in [5, 5.41) is 12.8. The number of hydrogen-bond acceptors (Lipinski definition) is 2. The molecule has 3 atom stereocenters. The maximum atomic E-state index is 9.48. The van der Waals surface area contributed by atoms with Crippen molar-refractivity contribution in [3.63, 3.8) is 0 Å². The molecule has 1 aliphatic heterocycles. The molecule has 2 nitrogen and oxygen atoms in total. The lowest BCUT2D eigenvalue weighted by atomic mass is 9.89. The Balaban J connectivity index is 2.01. The molecule has 2 fully saturated rings. The number of rotatable bonds is 0. The first-order chi connectivity index (χ1) is 4.88. The average Bonchev–Trinajstić information content (AvgIpc) is 2.34. The van der Waals surface area contributed by atoms with Gasteiger partial charge in [-0.15, -0.1) is 0 Å². The second kappa shape index (κ2) is 2.51. The van der Waals surface area contributed by atoms with Gasteiger partial charge in [0.2, 0.25) is 0 Å². The lowest BCUT2D eigenvalue weighted by Gasteiger charge is -2.27. The molecule has 0 aromatic rings. The van der Waals surface area contributed by atoms with Crippen molar-refractivity contribution in [2.24, 2.45) is 11.8 Å². The van der Waals surface area contributed by atoms with E-state index in [4.69, 9.17) is 0 Å². The lowest BCUT2D eigenvalue weighted by molar-refractivity contribution is 0.104. The van der Waals surface area contributed by atoms with Gasteiger partial charge in [0, 0.05) is 12.5 Å². The van der Waals surface area contributed by atoms with Gasteiger partial charge in [0.15, 0.2) is 0 Å². The fourth-order valence-electron chi connectivity index (χ4n) is 2.34. The number of fused-ring (bicyclic) bond motifs is 1. The summed E-state index contributed by atoms with van der Waals surface area (Å²) in [5.74, 6) is 1.41. The molecule has 0 radical (unpaired) electrons. The van der Waals surface area contributed by atoms with E-state index in [1.807, 2.05) is 0 Å². The van der Waals surface area contributed by atoms with Gasteiger partial charge in [-0.1, -0.05) is 0 Å². The van der Waals surface area contributed by atoms with E-state index < -0.39 is 0 Å². The zero-order valence-corrected chi connectivity index (χ0v) is 6.21. The van der Waals surface area contributed by atoms with Crippen molar-refractivity contribution in [2.45, 2.75) is 25.4 Å². The van der Waals surface area contributed by atoms with Crippen molar-refractivity contribution in [1.29, 1.82) is 0 Å². The quantitative estimate of drug-likeness (QED) is 0.510. The molecular formula is C8H15NO. The number of nitrogens with one attached hydrogen (secondary N) is 1. The minimum atomic E-state index is -0.00204. The molecule has 58 valence electrons. The average molecular weight is 141 g/mol. The van der Waals surface area contributed by atoms with Crippen LogP contribution in [0.1, 0.15) is 19.3 Å². The molecule has 1 saturated heterocycles. The topological polar surface area (TPSA) is 32.3 Å². The van der Waals surface area contributed by atoms with Crippen molar-refractivity contribution < 1.29 is 5.11 Å². The highest BCUT2D eigenvalue weighted by molar-refractivity contribution is 4.88. The standard InChI is InChI=1S/C8H15NO/c10-8-2-1-6-3-4-9-5-7(6)8/h6-10H,1-5H2/t6-,7+,8+/m1/s1. The second-order valence-electron chi connectivity index (χ2n) is 3.56. The fraction of sp³-hybridized carbons (Fsp3) is 1.00. The summed E-state index contributed by atoms with van der Waals surface area (Å²) in [6.07, 6.45) is 3.57. The maximum absolute atomic E-state index is 9.48. The van der Waals surface area contributed by atoms with Crippen molar-refractivity contribution in [3.8, 4) is 0 Å². The van der Waals surface area contributed by atoms with Crippen LogP contribution >= 0.6 is 0 Å². The molecule has 2 aliphatic rings. The summed E-state index contributed by atoms with van der Waals surface area (Å²) in [6.45, 7) is 2.21. The Bertz CT molecular complexity index is 124. The molecule has 1 aliphatic carbocycles. The Morgan fingerprint density at radius 1 is 1.20 bits per heavy atom. The normalized spacial score (nSPS) is 47.1. The van der Waals surface area contributed by atoms with Crippen LogP contribution in [0, 0.1) is 11.8 Å². The Morgan fingerprint density at radius 3 is 2.90 bits per heavy atom. The fourth-order valence-corrected chi connectivity index (χ4v) is 2.34. The maximum Gasteiger partial charge on any atom is 0.0583 e. The molecule has 0 amide bonds. The second-order valence-corrected chi connectivity index (χ2v) is 3.56. The van der Waals surface area contributed by atoms with E-state index in [9.17, 15) is 5.11 Å². The SMILES string of the molecule is O[C@H]1CC[C@@H]2CCNC[C@@H]21. The lowest BCUT2D eigenvalue weighted by Crippen LogP contribution is -2.38. The Labute approximate surface area is 61.6 Å². The van der Waals surface area contributed by atoms with Crippen LogP contribution < -0.4 is 5.32 Å². The van der Waals surface area contributed by atoms with Crippen LogP contribution in [0.2, 0.25) is 0 Å². The third-order valence-electron chi connectivity index (χ3n) is 3.00. The minimum absolute atomic E-state index is 0.00204. The van der Waals surface area contributed by atoms with Gasteiger partial charge in [-0.05, 0) is 31.7 Å². The molecule has 0 aromatic heterocycles. The van der Waals surface area contributed by atoms with Gasteiger partial charge in [0.05, 0.1) is 6.10 Å². The van der Waals surface area contributed by atoms with Gasteiger partial charge in [-0.3, -0.25) is 0 Å². The van der Waals surface area contributed by atoms with Crippen LogP contribution in [0.25, 0.3) is 0 Å². The van der Waals surface area contributed by atoms with Crippen molar-refractivity contribution >= 4 is 0 Å². The molecule has 2 N–H and O–H groups in total. The third kappa shape index (κ3) is 0.956. The number of piperidine rings is 1. The number of aliphatic hydroxyl groups excluding tert-OH is 1. The predicted octanol–water partition coefficient (Wildman–Crippen LogP) is 0.367. The van der Waals surface area contributed by atoms with Gasteiger partial charge in [0.25, 0.3) is 0 Å². The largest absolute Gasteiger partial charge is 0.393 e. The van der Waals surface area contributed by atoms with Gasteiger partial charge >= 0.3 is 0 Å². The Hall–Kier alpha value is -0.0800. The zero-order chi connectivity index (χ0) is 6.97. The highest BCUT2D eigenvalue weighted by atomic mass is 16.3. The number of aliphatic hydroxyl groups is 1. The van der Waals surface area contributed by atoms with Crippen LogP contribution in [-0.4, -0.2) is 24.3 Å². The van der Waals surface area contributed by atoms with Crippen LogP contribution in [0.15, 0.2) is 0 Å². The molecular weight excluding hydrogens is 126 g/mol. The number of hydrogen-bond donors (Lipinski definition) is 2. The summed E-state index contributed by atoms with van der Waals surface area (Å²) in [5.41, 5.74) is 0.